The summed E-state index contributed by atoms with van der Waals surface area (Å²) in [7, 11) is 1.82. The first-order valence-electron chi connectivity index (χ1n) is 4.79. The Morgan fingerprint density at radius 2 is 2.19 bits per heavy atom. The number of hydrogen-bond acceptors (Lipinski definition) is 2. The van der Waals surface area contributed by atoms with Crippen LogP contribution in [0.2, 0.25) is 5.02 Å². The number of nitrogens with one attached hydrogen (secondary N) is 1. The van der Waals surface area contributed by atoms with Crippen molar-refractivity contribution >= 4 is 23.4 Å². The molecule has 0 aliphatic rings. The number of halogens is 1. The van der Waals surface area contributed by atoms with Crippen LogP contribution >= 0.6 is 23.4 Å². The fourth-order valence-electron chi connectivity index (χ4n) is 1.37. The molecular weight excluding hydrogens is 244 g/mol. The highest BCUT2D eigenvalue weighted by Crippen LogP contribution is 2.28. The van der Waals surface area contributed by atoms with E-state index in [-0.39, 0.29) is 5.56 Å². The fourth-order valence-corrected chi connectivity index (χ4v) is 2.63. The summed E-state index contributed by atoms with van der Waals surface area (Å²) in [5.41, 5.74) is 0.882. The molecular formula is C11H11ClN2OS. The third-order valence-corrected chi connectivity index (χ3v) is 3.77. The summed E-state index contributed by atoms with van der Waals surface area (Å²) in [5.74, 6) is 0.721. The highest BCUT2D eigenvalue weighted by molar-refractivity contribution is 7.98. The van der Waals surface area contributed by atoms with Crippen LogP contribution in [0, 0.1) is 0 Å². The molecule has 16 heavy (non-hydrogen) atoms. The summed E-state index contributed by atoms with van der Waals surface area (Å²) in [6.07, 6.45) is 0. The van der Waals surface area contributed by atoms with Gasteiger partial charge in [0.15, 0.2) is 0 Å². The van der Waals surface area contributed by atoms with Crippen LogP contribution in [0.25, 0.3) is 0 Å². The van der Waals surface area contributed by atoms with E-state index in [9.17, 15) is 4.79 Å². The minimum absolute atomic E-state index is 0.0720. The number of rotatable bonds is 3. The number of H-pyrrole nitrogens is 1. The molecule has 0 saturated heterocycles. The predicted molar refractivity (Wildman–Crippen MR) is 67.0 cm³/mol. The smallest absolute Gasteiger partial charge is 0.264 e. The summed E-state index contributed by atoms with van der Waals surface area (Å²) in [4.78, 5) is 12.1. The molecule has 84 valence electrons. The molecule has 2 rings (SSSR count). The number of thioether (sulfide) groups is 1. The van der Waals surface area contributed by atoms with Crippen LogP contribution in [0.4, 0.5) is 0 Å². The van der Waals surface area contributed by atoms with Gasteiger partial charge in [0.1, 0.15) is 0 Å². The number of aromatic nitrogens is 2. The molecule has 0 radical (unpaired) electrons. The van der Waals surface area contributed by atoms with Gasteiger partial charge in [0.2, 0.25) is 0 Å². The maximum Gasteiger partial charge on any atom is 0.264 e. The lowest BCUT2D eigenvalue weighted by molar-refractivity contribution is 0.727. The summed E-state index contributed by atoms with van der Waals surface area (Å²) in [6.45, 7) is 0. The molecule has 1 aromatic heterocycles. The average molecular weight is 255 g/mol. The second-order valence-corrected chi connectivity index (χ2v) is 4.81. The van der Waals surface area contributed by atoms with E-state index in [1.165, 1.54) is 0 Å². The lowest BCUT2D eigenvalue weighted by Crippen LogP contribution is -2.01. The molecule has 0 aliphatic carbocycles. The van der Waals surface area contributed by atoms with Gasteiger partial charge in [-0.2, -0.15) is 0 Å². The monoisotopic (exact) mass is 254 g/mol. The van der Waals surface area contributed by atoms with Crippen molar-refractivity contribution in [3.63, 3.8) is 0 Å². The first kappa shape index (κ1) is 11.4. The molecule has 1 aromatic carbocycles. The Morgan fingerprint density at radius 3 is 2.81 bits per heavy atom. The first-order valence-corrected chi connectivity index (χ1v) is 6.15. The largest absolute Gasteiger partial charge is 0.291 e. The number of hydrogen-bond donors (Lipinski definition) is 1. The third kappa shape index (κ3) is 2.51. The molecule has 1 heterocycles. The Bertz CT molecular complexity index is 547. The molecule has 2 aromatic rings. The topological polar surface area (TPSA) is 37.8 Å². The lowest BCUT2D eigenvalue weighted by atomic mass is 10.4. The van der Waals surface area contributed by atoms with Gasteiger partial charge in [-0.05, 0) is 12.1 Å². The average Bonchev–Trinajstić information content (AvgIpc) is 2.56. The highest BCUT2D eigenvalue weighted by Gasteiger charge is 2.04. The van der Waals surface area contributed by atoms with Crippen molar-refractivity contribution in [3.05, 3.63) is 51.4 Å². The Balaban J connectivity index is 2.11. The summed E-state index contributed by atoms with van der Waals surface area (Å²) < 4.78 is 1.73. The Kier molecular flexibility index (Phi) is 3.41. The maximum atomic E-state index is 11.1. The van der Waals surface area contributed by atoms with Crippen LogP contribution < -0.4 is 5.56 Å². The van der Waals surface area contributed by atoms with Crippen molar-refractivity contribution in [2.75, 3.05) is 0 Å². The van der Waals surface area contributed by atoms with Gasteiger partial charge in [0.25, 0.3) is 5.56 Å². The van der Waals surface area contributed by atoms with Crippen molar-refractivity contribution in [2.45, 2.75) is 10.6 Å². The van der Waals surface area contributed by atoms with Crippen LogP contribution in [0.15, 0.2) is 40.0 Å². The molecule has 1 N–H and O–H groups in total. The van der Waals surface area contributed by atoms with E-state index in [4.69, 9.17) is 11.6 Å². The van der Waals surface area contributed by atoms with E-state index in [1.807, 2.05) is 31.3 Å². The minimum Gasteiger partial charge on any atom is -0.291 e. The van der Waals surface area contributed by atoms with Gasteiger partial charge in [-0.15, -0.1) is 11.8 Å². The quantitative estimate of drug-likeness (QED) is 0.856. The van der Waals surface area contributed by atoms with Gasteiger partial charge in [-0.3, -0.25) is 14.6 Å². The SMILES string of the molecule is Cn1[nH]c(=O)cc1CSc1ccccc1Cl. The first-order chi connectivity index (χ1) is 7.66. The van der Waals surface area contributed by atoms with Crippen molar-refractivity contribution in [2.24, 2.45) is 7.05 Å². The Morgan fingerprint density at radius 1 is 1.44 bits per heavy atom. The number of aromatic amines is 1. The maximum absolute atomic E-state index is 11.1. The molecule has 0 amide bonds. The minimum atomic E-state index is -0.0720. The van der Waals surface area contributed by atoms with Crippen LogP contribution in [0.5, 0.6) is 0 Å². The van der Waals surface area contributed by atoms with E-state index in [0.29, 0.717) is 0 Å². The molecule has 0 fully saturated rings. The molecule has 0 unspecified atom stereocenters. The molecule has 5 heteroatoms. The summed E-state index contributed by atoms with van der Waals surface area (Å²) >= 11 is 7.65. The second-order valence-electron chi connectivity index (χ2n) is 3.39. The van der Waals surface area contributed by atoms with Gasteiger partial charge in [0.05, 0.1) is 10.7 Å². The normalized spacial score (nSPS) is 10.6. The Hall–Kier alpha value is -1.13. The summed E-state index contributed by atoms with van der Waals surface area (Å²) in [5, 5.41) is 3.42. The third-order valence-electron chi connectivity index (χ3n) is 2.22. The summed E-state index contributed by atoms with van der Waals surface area (Å²) in [6, 6.07) is 9.28. The molecule has 0 spiro atoms. The lowest BCUT2D eigenvalue weighted by Gasteiger charge is -2.04. The van der Waals surface area contributed by atoms with E-state index < -0.39 is 0 Å². The number of nitrogens with zero attached hydrogens (tertiary/aromatic N) is 1. The van der Waals surface area contributed by atoms with Gasteiger partial charge in [-0.25, -0.2) is 0 Å². The predicted octanol–water partition coefficient (Wildman–Crippen LogP) is 2.66. The van der Waals surface area contributed by atoms with Crippen molar-refractivity contribution in [1.29, 1.82) is 0 Å². The van der Waals surface area contributed by atoms with Gasteiger partial charge < -0.3 is 0 Å². The molecule has 0 atom stereocenters. The van der Waals surface area contributed by atoms with Gasteiger partial charge >= 0.3 is 0 Å². The molecule has 3 nitrogen and oxygen atoms in total. The highest BCUT2D eigenvalue weighted by atomic mass is 35.5. The molecule has 0 saturated carbocycles. The van der Waals surface area contributed by atoms with Crippen LogP contribution in [0.3, 0.4) is 0 Å². The zero-order valence-corrected chi connectivity index (χ0v) is 10.3. The zero-order chi connectivity index (χ0) is 11.5. The van der Waals surface area contributed by atoms with E-state index in [0.717, 1.165) is 21.4 Å². The van der Waals surface area contributed by atoms with Crippen LogP contribution in [0.1, 0.15) is 5.69 Å². The standard InChI is InChI=1S/C11H11ClN2OS/c1-14-8(6-11(15)13-14)7-16-10-5-3-2-4-9(10)12/h2-6H,7H2,1H3,(H,13,15). The number of aryl methyl sites for hydroxylation is 1. The Labute approximate surface area is 102 Å². The molecule has 0 aliphatic heterocycles. The van der Waals surface area contributed by atoms with Gasteiger partial charge in [0, 0.05) is 23.8 Å². The fraction of sp³-hybridized carbons (Fsp3) is 0.182. The van der Waals surface area contributed by atoms with Crippen molar-refractivity contribution < 1.29 is 0 Å². The van der Waals surface area contributed by atoms with E-state index in [1.54, 1.807) is 22.5 Å². The van der Waals surface area contributed by atoms with Crippen LogP contribution in [-0.2, 0) is 12.8 Å². The second kappa shape index (κ2) is 4.80. The van der Waals surface area contributed by atoms with E-state index >= 15 is 0 Å². The number of benzene rings is 1. The van der Waals surface area contributed by atoms with Crippen molar-refractivity contribution in [1.82, 2.24) is 9.78 Å². The van der Waals surface area contributed by atoms with Gasteiger partial charge in [-0.1, -0.05) is 23.7 Å². The van der Waals surface area contributed by atoms with Crippen molar-refractivity contribution in [3.8, 4) is 0 Å². The zero-order valence-electron chi connectivity index (χ0n) is 8.74. The molecule has 0 bridgehead atoms. The van der Waals surface area contributed by atoms with E-state index in [2.05, 4.69) is 5.10 Å². The van der Waals surface area contributed by atoms with Crippen LogP contribution in [-0.4, -0.2) is 9.78 Å².